The van der Waals surface area contributed by atoms with Crippen LogP contribution in [0.25, 0.3) is 11.1 Å². The van der Waals surface area contributed by atoms with E-state index in [1.165, 1.54) is 22.4 Å². The van der Waals surface area contributed by atoms with Crippen molar-refractivity contribution < 1.29 is 4.74 Å². The fourth-order valence-corrected chi connectivity index (χ4v) is 2.44. The molecule has 0 spiro atoms. The van der Waals surface area contributed by atoms with Gasteiger partial charge in [0.15, 0.2) is 0 Å². The molecule has 1 aromatic carbocycles. The predicted octanol–water partition coefficient (Wildman–Crippen LogP) is 1.74. The van der Waals surface area contributed by atoms with Crippen molar-refractivity contribution in [1.29, 1.82) is 0 Å². The Morgan fingerprint density at radius 1 is 1.44 bits per heavy atom. The summed E-state index contributed by atoms with van der Waals surface area (Å²) in [5, 5.41) is 7.54. The molecule has 0 bridgehead atoms. The molecule has 1 N–H and O–H groups in total. The number of hydrogen-bond donors (Lipinski definition) is 1. The standard InChI is InChI=1S/C14H17N3O/c1-15-9-13-12(8-16-17(13)2)10-3-4-14-11(7-10)5-6-18-14/h3-4,7-8,15H,5-6,9H2,1-2H3. The van der Waals surface area contributed by atoms with Gasteiger partial charge in [-0.3, -0.25) is 4.68 Å². The van der Waals surface area contributed by atoms with E-state index in [-0.39, 0.29) is 0 Å². The van der Waals surface area contributed by atoms with Gasteiger partial charge in [-0.15, -0.1) is 0 Å². The van der Waals surface area contributed by atoms with Gasteiger partial charge in [0.2, 0.25) is 0 Å². The van der Waals surface area contributed by atoms with Crippen LogP contribution in [0.1, 0.15) is 11.3 Å². The van der Waals surface area contributed by atoms with Crippen LogP contribution in [-0.4, -0.2) is 23.4 Å². The van der Waals surface area contributed by atoms with E-state index >= 15 is 0 Å². The van der Waals surface area contributed by atoms with Gasteiger partial charge in [0.25, 0.3) is 0 Å². The maximum Gasteiger partial charge on any atom is 0.122 e. The molecule has 1 aromatic heterocycles. The average Bonchev–Trinajstić information content (AvgIpc) is 2.97. The monoisotopic (exact) mass is 243 g/mol. The Kier molecular flexibility index (Phi) is 2.80. The molecule has 0 fully saturated rings. The first-order chi connectivity index (χ1) is 8.79. The van der Waals surface area contributed by atoms with Crippen LogP contribution in [0, 0.1) is 0 Å². The van der Waals surface area contributed by atoms with Crippen molar-refractivity contribution in [3.05, 3.63) is 35.7 Å². The van der Waals surface area contributed by atoms with Gasteiger partial charge in [-0.05, 0) is 30.3 Å². The topological polar surface area (TPSA) is 39.1 Å². The minimum absolute atomic E-state index is 0.801. The van der Waals surface area contributed by atoms with E-state index < -0.39 is 0 Å². The second-order valence-electron chi connectivity index (χ2n) is 4.58. The molecule has 0 saturated heterocycles. The second kappa shape index (κ2) is 4.46. The second-order valence-corrected chi connectivity index (χ2v) is 4.58. The highest BCUT2D eigenvalue weighted by molar-refractivity contribution is 5.67. The van der Waals surface area contributed by atoms with Gasteiger partial charge in [0.05, 0.1) is 18.5 Å². The lowest BCUT2D eigenvalue weighted by molar-refractivity contribution is 0.357. The highest BCUT2D eigenvalue weighted by Crippen LogP contribution is 2.31. The predicted molar refractivity (Wildman–Crippen MR) is 70.6 cm³/mol. The molecule has 4 heteroatoms. The summed E-state index contributed by atoms with van der Waals surface area (Å²) in [6.45, 7) is 1.62. The van der Waals surface area contributed by atoms with Crippen LogP contribution in [-0.2, 0) is 20.0 Å². The summed E-state index contributed by atoms with van der Waals surface area (Å²) in [7, 11) is 3.93. The van der Waals surface area contributed by atoms with Crippen molar-refractivity contribution >= 4 is 0 Å². The fourth-order valence-electron chi connectivity index (χ4n) is 2.44. The molecule has 94 valence electrons. The molecule has 0 atom stereocenters. The van der Waals surface area contributed by atoms with Gasteiger partial charge in [-0.1, -0.05) is 6.07 Å². The zero-order chi connectivity index (χ0) is 12.5. The minimum atomic E-state index is 0.801. The Morgan fingerprint density at radius 2 is 2.33 bits per heavy atom. The summed E-state index contributed by atoms with van der Waals surface area (Å²) in [5.41, 5.74) is 4.92. The van der Waals surface area contributed by atoms with Crippen molar-refractivity contribution in [1.82, 2.24) is 15.1 Å². The van der Waals surface area contributed by atoms with Crippen LogP contribution in [0.2, 0.25) is 0 Å². The van der Waals surface area contributed by atoms with E-state index in [2.05, 4.69) is 28.6 Å². The van der Waals surface area contributed by atoms with Crippen LogP contribution >= 0.6 is 0 Å². The molecule has 2 heterocycles. The Hall–Kier alpha value is -1.81. The minimum Gasteiger partial charge on any atom is -0.493 e. The van der Waals surface area contributed by atoms with Crippen LogP contribution in [0.5, 0.6) is 5.75 Å². The number of benzene rings is 1. The first-order valence-electron chi connectivity index (χ1n) is 6.21. The lowest BCUT2D eigenvalue weighted by Crippen LogP contribution is -2.10. The molecular formula is C14H17N3O. The summed E-state index contributed by atoms with van der Waals surface area (Å²) in [6, 6.07) is 6.40. The Balaban J connectivity index is 2.04. The molecule has 18 heavy (non-hydrogen) atoms. The highest BCUT2D eigenvalue weighted by atomic mass is 16.5. The lowest BCUT2D eigenvalue weighted by Gasteiger charge is -2.07. The number of aromatic nitrogens is 2. The number of fused-ring (bicyclic) bond motifs is 1. The first-order valence-corrected chi connectivity index (χ1v) is 6.21. The molecule has 0 saturated carbocycles. The van der Waals surface area contributed by atoms with E-state index in [1.54, 1.807) is 0 Å². The Morgan fingerprint density at radius 3 is 3.17 bits per heavy atom. The Bertz CT molecular complexity index is 574. The normalized spacial score (nSPS) is 13.4. The number of rotatable bonds is 3. The smallest absolute Gasteiger partial charge is 0.122 e. The number of nitrogens with one attached hydrogen (secondary N) is 1. The molecule has 0 amide bonds. The van der Waals surface area contributed by atoms with Gasteiger partial charge in [-0.2, -0.15) is 5.10 Å². The largest absolute Gasteiger partial charge is 0.493 e. The van der Waals surface area contributed by atoms with Crippen molar-refractivity contribution in [2.75, 3.05) is 13.7 Å². The van der Waals surface area contributed by atoms with Crippen molar-refractivity contribution in [3.63, 3.8) is 0 Å². The van der Waals surface area contributed by atoms with Crippen LogP contribution in [0.15, 0.2) is 24.4 Å². The van der Waals surface area contributed by atoms with Gasteiger partial charge < -0.3 is 10.1 Å². The maximum absolute atomic E-state index is 5.54. The number of aryl methyl sites for hydroxylation is 1. The summed E-state index contributed by atoms with van der Waals surface area (Å²) in [6.07, 6.45) is 2.94. The number of hydrogen-bond acceptors (Lipinski definition) is 3. The van der Waals surface area contributed by atoms with Crippen LogP contribution < -0.4 is 10.1 Å². The molecular weight excluding hydrogens is 226 g/mol. The summed E-state index contributed by atoms with van der Waals surface area (Å²) in [5.74, 6) is 1.03. The van der Waals surface area contributed by atoms with Gasteiger partial charge >= 0.3 is 0 Å². The van der Waals surface area contributed by atoms with Gasteiger partial charge in [-0.25, -0.2) is 0 Å². The van der Waals surface area contributed by atoms with Gasteiger partial charge in [0.1, 0.15) is 5.75 Å². The molecule has 1 aliphatic heterocycles. The first kappa shape index (κ1) is 11.3. The Labute approximate surface area is 107 Å². The van der Waals surface area contributed by atoms with Crippen LogP contribution in [0.3, 0.4) is 0 Å². The SMILES string of the molecule is CNCc1c(-c2ccc3c(c2)CCO3)cnn1C. The highest BCUT2D eigenvalue weighted by Gasteiger charge is 2.15. The molecule has 0 aliphatic carbocycles. The average molecular weight is 243 g/mol. The van der Waals surface area contributed by atoms with Crippen LogP contribution in [0.4, 0.5) is 0 Å². The van der Waals surface area contributed by atoms with Crippen molar-refractivity contribution in [3.8, 4) is 16.9 Å². The van der Waals surface area contributed by atoms with Gasteiger partial charge in [0, 0.05) is 25.6 Å². The molecule has 1 aliphatic rings. The van der Waals surface area contributed by atoms with Crippen molar-refractivity contribution in [2.45, 2.75) is 13.0 Å². The molecule has 0 radical (unpaired) electrons. The van der Waals surface area contributed by atoms with E-state index in [9.17, 15) is 0 Å². The maximum atomic E-state index is 5.54. The van der Waals surface area contributed by atoms with Crippen molar-refractivity contribution in [2.24, 2.45) is 7.05 Å². The summed E-state index contributed by atoms with van der Waals surface area (Å²) >= 11 is 0. The number of ether oxygens (including phenoxy) is 1. The molecule has 0 unspecified atom stereocenters. The molecule has 2 aromatic rings. The zero-order valence-electron chi connectivity index (χ0n) is 10.7. The van der Waals surface area contributed by atoms with E-state index in [0.717, 1.165) is 25.3 Å². The quantitative estimate of drug-likeness (QED) is 0.892. The summed E-state index contributed by atoms with van der Waals surface area (Å²) in [4.78, 5) is 0. The summed E-state index contributed by atoms with van der Waals surface area (Å²) < 4.78 is 7.47. The lowest BCUT2D eigenvalue weighted by atomic mass is 10.0. The van der Waals surface area contributed by atoms with E-state index in [4.69, 9.17) is 4.74 Å². The third kappa shape index (κ3) is 1.78. The third-order valence-electron chi connectivity index (χ3n) is 3.41. The molecule has 4 nitrogen and oxygen atoms in total. The zero-order valence-corrected chi connectivity index (χ0v) is 10.7. The van der Waals surface area contributed by atoms with E-state index in [0.29, 0.717) is 0 Å². The fraction of sp³-hybridized carbons (Fsp3) is 0.357. The molecule has 3 rings (SSSR count). The number of nitrogens with zero attached hydrogens (tertiary/aromatic N) is 2. The van der Waals surface area contributed by atoms with E-state index in [1.807, 2.05) is 25.0 Å². The third-order valence-corrected chi connectivity index (χ3v) is 3.41.